The van der Waals surface area contributed by atoms with Gasteiger partial charge in [-0.25, -0.2) is 0 Å². The topological polar surface area (TPSA) is 0 Å². The maximum absolute atomic E-state index is 12.7. The molecule has 0 amide bonds. The van der Waals surface area contributed by atoms with E-state index in [1.807, 2.05) is 0 Å². The van der Waals surface area contributed by atoms with E-state index in [2.05, 4.69) is 6.58 Å². The van der Waals surface area contributed by atoms with Gasteiger partial charge in [0.1, 0.15) is 0 Å². The molecule has 0 spiro atoms. The molecule has 0 unspecified atom stereocenters. The van der Waals surface area contributed by atoms with Crippen LogP contribution in [-0.2, 0) is 0 Å². The van der Waals surface area contributed by atoms with Crippen molar-refractivity contribution < 1.29 is 26.3 Å². The molecule has 6 heteroatoms. The molecule has 0 N–H and O–H groups in total. The van der Waals surface area contributed by atoms with Crippen LogP contribution in [0.5, 0.6) is 0 Å². The lowest BCUT2D eigenvalue weighted by Crippen LogP contribution is -2.48. The molecule has 0 atom stereocenters. The first-order valence-corrected chi connectivity index (χ1v) is 5.25. The first-order valence-electron chi connectivity index (χ1n) is 5.25. The summed E-state index contributed by atoms with van der Waals surface area (Å²) in [7, 11) is 0. The number of rotatable bonds is 4. The molecule has 0 radical (unpaired) electrons. The van der Waals surface area contributed by atoms with Gasteiger partial charge in [0.05, 0.1) is 0 Å². The molecule has 19 heavy (non-hydrogen) atoms. The van der Waals surface area contributed by atoms with Crippen molar-refractivity contribution in [2.75, 3.05) is 0 Å². The molecule has 0 aliphatic heterocycles. The summed E-state index contributed by atoms with van der Waals surface area (Å²) in [4.78, 5) is 0. The number of halogens is 6. The zero-order valence-electron chi connectivity index (χ0n) is 10.4. The largest absolute Gasteiger partial charge is 0.406 e. The van der Waals surface area contributed by atoms with Crippen LogP contribution in [0.15, 0.2) is 48.6 Å². The molecule has 108 valence electrons. The van der Waals surface area contributed by atoms with Gasteiger partial charge in [0.15, 0.2) is 5.41 Å². The molecule has 0 aromatic carbocycles. The predicted molar refractivity (Wildman–Crippen MR) is 62.5 cm³/mol. The molecular weight excluding hydrogens is 270 g/mol. The average molecular weight is 284 g/mol. The van der Waals surface area contributed by atoms with Crippen molar-refractivity contribution >= 4 is 0 Å². The van der Waals surface area contributed by atoms with Crippen molar-refractivity contribution in [1.29, 1.82) is 0 Å². The second-order valence-electron chi connectivity index (χ2n) is 3.98. The van der Waals surface area contributed by atoms with Crippen molar-refractivity contribution in [3.63, 3.8) is 0 Å². The monoisotopic (exact) mass is 284 g/mol. The van der Waals surface area contributed by atoms with Crippen molar-refractivity contribution in [3.8, 4) is 0 Å². The summed E-state index contributed by atoms with van der Waals surface area (Å²) in [5, 5.41) is 0. The van der Waals surface area contributed by atoms with Gasteiger partial charge in [-0.2, -0.15) is 26.3 Å². The minimum Gasteiger partial charge on any atom is -0.170 e. The third-order valence-electron chi connectivity index (χ3n) is 2.74. The second-order valence-corrected chi connectivity index (χ2v) is 3.98. The SMILES string of the molecule is C=C\C=C/C=C\C=C(/C)C(C)(C(F)(F)F)C(F)(F)F. The van der Waals surface area contributed by atoms with E-state index < -0.39 is 23.3 Å². The Morgan fingerprint density at radius 1 is 0.842 bits per heavy atom. The van der Waals surface area contributed by atoms with Crippen LogP contribution in [0.4, 0.5) is 26.3 Å². The minimum absolute atomic E-state index is 0.131. The number of hydrogen-bond donors (Lipinski definition) is 0. The van der Waals surface area contributed by atoms with Gasteiger partial charge >= 0.3 is 12.4 Å². The van der Waals surface area contributed by atoms with Crippen LogP contribution in [0.25, 0.3) is 0 Å². The van der Waals surface area contributed by atoms with Gasteiger partial charge in [-0.1, -0.05) is 43.0 Å². The molecule has 0 aliphatic carbocycles. The van der Waals surface area contributed by atoms with Crippen LogP contribution in [0.2, 0.25) is 0 Å². The fourth-order valence-electron chi connectivity index (χ4n) is 1.18. The maximum Gasteiger partial charge on any atom is 0.406 e. The summed E-state index contributed by atoms with van der Waals surface area (Å²) in [6.45, 7) is 4.30. The van der Waals surface area contributed by atoms with Crippen LogP contribution >= 0.6 is 0 Å². The second kappa shape index (κ2) is 6.12. The lowest BCUT2D eigenvalue weighted by Gasteiger charge is -2.34. The zero-order chi connectivity index (χ0) is 15.3. The maximum atomic E-state index is 12.7. The van der Waals surface area contributed by atoms with Crippen LogP contribution in [0, 0.1) is 5.41 Å². The molecule has 0 fully saturated rings. The van der Waals surface area contributed by atoms with Crippen LogP contribution < -0.4 is 0 Å². The van der Waals surface area contributed by atoms with Crippen molar-refractivity contribution in [1.82, 2.24) is 0 Å². The Balaban J connectivity index is 5.43. The zero-order valence-corrected chi connectivity index (χ0v) is 10.4. The molecule has 0 nitrogen and oxygen atoms in total. The fraction of sp³-hybridized carbons (Fsp3) is 0.385. The highest BCUT2D eigenvalue weighted by Crippen LogP contribution is 2.54. The molecule has 0 heterocycles. The Morgan fingerprint density at radius 3 is 1.63 bits per heavy atom. The summed E-state index contributed by atoms with van der Waals surface area (Å²) in [5.41, 5.74) is -4.68. The summed E-state index contributed by atoms with van der Waals surface area (Å²) in [5.74, 6) is 0. The third-order valence-corrected chi connectivity index (χ3v) is 2.74. The highest BCUT2D eigenvalue weighted by atomic mass is 19.4. The highest BCUT2D eigenvalue weighted by Gasteiger charge is 2.68. The van der Waals surface area contributed by atoms with Gasteiger partial charge in [-0.3, -0.25) is 0 Å². The lowest BCUT2D eigenvalue weighted by atomic mass is 9.81. The quantitative estimate of drug-likeness (QED) is 0.481. The molecule has 0 aromatic heterocycles. The van der Waals surface area contributed by atoms with Crippen molar-refractivity contribution in [2.45, 2.75) is 26.2 Å². The van der Waals surface area contributed by atoms with Crippen molar-refractivity contribution in [3.05, 3.63) is 48.6 Å². The van der Waals surface area contributed by atoms with Gasteiger partial charge in [-0.05, 0) is 19.4 Å². The average Bonchev–Trinajstić information content (AvgIpc) is 2.24. The van der Waals surface area contributed by atoms with Gasteiger partial charge < -0.3 is 0 Å². The smallest absolute Gasteiger partial charge is 0.170 e. The molecule has 0 rings (SSSR count). The molecule has 0 bridgehead atoms. The first kappa shape index (κ1) is 17.5. The molecule has 0 saturated heterocycles. The van der Waals surface area contributed by atoms with Gasteiger partial charge in [-0.15, -0.1) is 0 Å². The summed E-state index contributed by atoms with van der Waals surface area (Å²) >= 11 is 0. The van der Waals surface area contributed by atoms with E-state index in [4.69, 9.17) is 0 Å². The normalized spacial score (nSPS) is 15.5. The lowest BCUT2D eigenvalue weighted by molar-refractivity contribution is -0.318. The Bertz CT molecular complexity index is 378. The Kier molecular flexibility index (Phi) is 5.65. The van der Waals surface area contributed by atoms with Gasteiger partial charge in [0, 0.05) is 0 Å². The number of hydrogen-bond acceptors (Lipinski definition) is 0. The van der Waals surface area contributed by atoms with Gasteiger partial charge in [0.25, 0.3) is 0 Å². The minimum atomic E-state index is -5.41. The molecule has 0 aromatic rings. The molecule has 0 saturated carbocycles. The standard InChI is InChI=1S/C13H14F6/c1-4-5-6-7-8-9-10(2)11(3,12(14,15)16)13(17,18)19/h4-9H,1H2,2-3H3/b6-5-,8-7-,10-9+. The predicted octanol–water partition coefficient (Wildman–Crippen LogP) is 5.36. The summed E-state index contributed by atoms with van der Waals surface area (Å²) in [6.07, 6.45) is -3.22. The van der Waals surface area contributed by atoms with Crippen LogP contribution in [0.3, 0.4) is 0 Å². The van der Waals surface area contributed by atoms with E-state index in [1.165, 1.54) is 24.3 Å². The molecule has 0 aliphatic rings. The summed E-state index contributed by atoms with van der Waals surface area (Å²) in [6, 6.07) is 0. The first-order chi connectivity index (χ1) is 8.48. The van der Waals surface area contributed by atoms with E-state index in [9.17, 15) is 26.3 Å². The van der Waals surface area contributed by atoms with E-state index in [0.29, 0.717) is 0 Å². The third kappa shape index (κ3) is 4.01. The Hall–Kier alpha value is -1.46. The Morgan fingerprint density at radius 2 is 1.26 bits per heavy atom. The number of allylic oxidation sites excluding steroid dienone is 7. The van der Waals surface area contributed by atoms with Crippen LogP contribution in [0.1, 0.15) is 13.8 Å². The van der Waals surface area contributed by atoms with E-state index >= 15 is 0 Å². The van der Waals surface area contributed by atoms with E-state index in [-0.39, 0.29) is 6.92 Å². The fourth-order valence-corrected chi connectivity index (χ4v) is 1.18. The van der Waals surface area contributed by atoms with E-state index in [0.717, 1.165) is 19.1 Å². The van der Waals surface area contributed by atoms with Gasteiger partial charge in [0.2, 0.25) is 0 Å². The van der Waals surface area contributed by atoms with Crippen molar-refractivity contribution in [2.24, 2.45) is 5.41 Å². The molecular formula is C13H14F6. The van der Waals surface area contributed by atoms with E-state index in [1.54, 1.807) is 0 Å². The highest BCUT2D eigenvalue weighted by molar-refractivity contribution is 5.24. The number of alkyl halides is 6. The summed E-state index contributed by atoms with van der Waals surface area (Å²) < 4.78 is 76.0. The van der Waals surface area contributed by atoms with Crippen LogP contribution in [-0.4, -0.2) is 12.4 Å². The Labute approximate surface area is 107 Å².